The number of hydrogen-bond donors (Lipinski definition) is 1. The van der Waals surface area contributed by atoms with Crippen molar-refractivity contribution in [1.82, 2.24) is 25.0 Å². The molecule has 0 spiro atoms. The molecule has 35 heavy (non-hydrogen) atoms. The molecule has 186 valence electrons. The van der Waals surface area contributed by atoms with Crippen LogP contribution in [-0.4, -0.2) is 74.1 Å². The number of pyridine rings is 1. The van der Waals surface area contributed by atoms with Crippen LogP contribution in [0.1, 0.15) is 25.1 Å². The molecule has 0 saturated carbocycles. The summed E-state index contributed by atoms with van der Waals surface area (Å²) < 4.78 is 19.5. The van der Waals surface area contributed by atoms with E-state index in [4.69, 9.17) is 42.7 Å². The molecule has 1 N–H and O–H groups in total. The van der Waals surface area contributed by atoms with Crippen LogP contribution in [0.5, 0.6) is 0 Å². The Hall–Kier alpha value is -1.82. The molecule has 3 aromatic heterocycles. The third-order valence-corrected chi connectivity index (χ3v) is 8.14. The Morgan fingerprint density at radius 1 is 1.46 bits per heavy atom. The third-order valence-electron chi connectivity index (χ3n) is 5.46. The molecule has 1 aliphatic rings. The molecule has 1 fully saturated rings. The smallest absolute Gasteiger partial charge is 0.159 e. The molecule has 1 aliphatic heterocycles. The molecule has 4 heterocycles. The summed E-state index contributed by atoms with van der Waals surface area (Å²) >= 11 is 14.9. The van der Waals surface area contributed by atoms with Gasteiger partial charge in [0.05, 0.1) is 30.0 Å². The van der Waals surface area contributed by atoms with E-state index in [0.717, 1.165) is 0 Å². The van der Waals surface area contributed by atoms with Crippen molar-refractivity contribution in [1.29, 1.82) is 5.26 Å². The van der Waals surface area contributed by atoms with Crippen molar-refractivity contribution in [3.05, 3.63) is 39.7 Å². The molecule has 1 saturated heterocycles. The predicted octanol–water partition coefficient (Wildman–Crippen LogP) is 3.84. The average molecular weight is 557 g/mol. The van der Waals surface area contributed by atoms with E-state index < -0.39 is 23.2 Å². The summed E-state index contributed by atoms with van der Waals surface area (Å²) in [4.78, 5) is 8.12. The number of aliphatic hydroxyl groups is 1. The fourth-order valence-electron chi connectivity index (χ4n) is 4.02. The zero-order valence-corrected chi connectivity index (χ0v) is 22.1. The maximum absolute atomic E-state index is 10.6. The minimum Gasteiger partial charge on any atom is -0.391 e. The molecule has 0 radical (unpaired) electrons. The van der Waals surface area contributed by atoms with Crippen LogP contribution in [0.2, 0.25) is 10.2 Å². The van der Waals surface area contributed by atoms with Gasteiger partial charge in [-0.05, 0) is 13.0 Å². The quantitative estimate of drug-likeness (QED) is 0.436. The Balaban J connectivity index is 1.72. The van der Waals surface area contributed by atoms with Crippen molar-refractivity contribution in [3.63, 3.8) is 0 Å². The maximum Gasteiger partial charge on any atom is 0.159 e. The molecule has 4 rings (SSSR count). The van der Waals surface area contributed by atoms with Gasteiger partial charge in [0, 0.05) is 37.1 Å². The van der Waals surface area contributed by atoms with E-state index in [0.29, 0.717) is 27.2 Å². The van der Waals surface area contributed by atoms with Gasteiger partial charge in [-0.25, -0.2) is 14.6 Å². The average Bonchev–Trinajstić information content (AvgIpc) is 3.48. The van der Waals surface area contributed by atoms with Gasteiger partial charge in [-0.1, -0.05) is 40.2 Å². The van der Waals surface area contributed by atoms with E-state index in [2.05, 4.69) is 20.3 Å². The summed E-state index contributed by atoms with van der Waals surface area (Å²) in [5.74, 6) is 0. The number of nitriles is 1. The van der Waals surface area contributed by atoms with Gasteiger partial charge in [0.2, 0.25) is 0 Å². The van der Waals surface area contributed by atoms with Gasteiger partial charge in [0.15, 0.2) is 5.69 Å². The van der Waals surface area contributed by atoms with Crippen molar-refractivity contribution in [2.24, 2.45) is 0 Å². The van der Waals surface area contributed by atoms with Crippen LogP contribution in [0.25, 0.3) is 10.7 Å². The van der Waals surface area contributed by atoms with Crippen molar-refractivity contribution < 1.29 is 19.3 Å². The van der Waals surface area contributed by atoms with E-state index in [9.17, 15) is 5.11 Å². The first-order valence-corrected chi connectivity index (χ1v) is 12.9. The first kappa shape index (κ1) is 26.2. The Kier molecular flexibility index (Phi) is 8.30. The van der Waals surface area contributed by atoms with Gasteiger partial charge < -0.3 is 19.3 Å². The fraction of sp³-hybridized carbons (Fsp3) is 0.476. The van der Waals surface area contributed by atoms with Gasteiger partial charge >= 0.3 is 0 Å². The molecule has 0 bridgehead atoms. The monoisotopic (exact) mass is 556 g/mol. The number of halogens is 2. The molecule has 0 aromatic carbocycles. The van der Waals surface area contributed by atoms with Crippen LogP contribution < -0.4 is 0 Å². The Morgan fingerprint density at radius 3 is 2.86 bits per heavy atom. The maximum atomic E-state index is 10.6. The SMILES string of the molecule is COCC1(Sc2cnc(C#N)c(Cl)c2)CC(n2cc(-c3nc(Cl)cs3)nn2)[C@@H](OC)C(C(C)O)O1. The van der Waals surface area contributed by atoms with Gasteiger partial charge in [-0.2, -0.15) is 5.26 Å². The third kappa shape index (κ3) is 5.63. The predicted molar refractivity (Wildman–Crippen MR) is 132 cm³/mol. The number of thiazole rings is 1. The van der Waals surface area contributed by atoms with Crippen LogP contribution in [0.15, 0.2) is 28.7 Å². The van der Waals surface area contributed by atoms with Gasteiger partial charge in [0.25, 0.3) is 0 Å². The molecular weight excluding hydrogens is 535 g/mol. The zero-order valence-electron chi connectivity index (χ0n) is 19.0. The van der Waals surface area contributed by atoms with Gasteiger partial charge in [0.1, 0.15) is 39.1 Å². The van der Waals surface area contributed by atoms with E-state index >= 15 is 0 Å². The van der Waals surface area contributed by atoms with Crippen molar-refractivity contribution in [2.75, 3.05) is 20.8 Å². The summed E-state index contributed by atoms with van der Waals surface area (Å²) in [6.45, 7) is 1.83. The molecule has 14 heteroatoms. The second-order valence-corrected chi connectivity index (χ2v) is 11.0. The van der Waals surface area contributed by atoms with Crippen LogP contribution in [-0.2, 0) is 14.2 Å². The Morgan fingerprint density at radius 2 is 2.26 bits per heavy atom. The molecule has 5 atom stereocenters. The van der Waals surface area contributed by atoms with E-state index in [1.54, 1.807) is 49.7 Å². The van der Waals surface area contributed by atoms with E-state index in [1.165, 1.54) is 23.1 Å². The first-order chi connectivity index (χ1) is 16.8. The van der Waals surface area contributed by atoms with Crippen LogP contribution in [0.3, 0.4) is 0 Å². The van der Waals surface area contributed by atoms with Crippen LogP contribution in [0.4, 0.5) is 0 Å². The summed E-state index contributed by atoms with van der Waals surface area (Å²) in [6, 6.07) is 3.25. The number of rotatable bonds is 8. The number of aromatic nitrogens is 5. The lowest BCUT2D eigenvalue weighted by Crippen LogP contribution is -2.57. The second-order valence-electron chi connectivity index (χ2n) is 7.91. The Labute approximate surface area is 220 Å². The highest BCUT2D eigenvalue weighted by atomic mass is 35.5. The molecule has 3 aromatic rings. The molecule has 4 unspecified atom stereocenters. The highest BCUT2D eigenvalue weighted by Gasteiger charge is 2.51. The topological polar surface area (TPSA) is 128 Å². The number of aliphatic hydroxyl groups excluding tert-OH is 1. The van der Waals surface area contributed by atoms with Crippen LogP contribution in [0, 0.1) is 11.3 Å². The number of ether oxygens (including phenoxy) is 3. The van der Waals surface area contributed by atoms with Gasteiger partial charge in [-0.3, -0.25) is 0 Å². The summed E-state index contributed by atoms with van der Waals surface area (Å²) in [5, 5.41) is 31.4. The molecular formula is C21H22Cl2N6O4S2. The second kappa shape index (κ2) is 11.1. The highest BCUT2D eigenvalue weighted by Crippen LogP contribution is 2.48. The summed E-state index contributed by atoms with van der Waals surface area (Å²) in [7, 11) is 3.14. The largest absolute Gasteiger partial charge is 0.391 e. The Bertz CT molecular complexity index is 1220. The first-order valence-electron chi connectivity index (χ1n) is 10.4. The summed E-state index contributed by atoms with van der Waals surface area (Å²) in [6.07, 6.45) is 1.64. The number of methoxy groups -OCH3 is 2. The standard InChI is InChI=1S/C21H22Cl2N6O4S2/c1-11(30)18-19(32-3)16(29-8-15(27-28-29)20-26-17(23)9-34-20)5-21(33-18,10-31-2)35-12-4-13(22)14(6-24)25-7-12/h4,7-9,11,16,18-19,30H,5,10H2,1-3H3/t11?,16?,18?,19-,21?/m1/s1. The van der Waals surface area contributed by atoms with Gasteiger partial charge in [-0.15, -0.1) is 16.4 Å². The van der Waals surface area contributed by atoms with E-state index in [-0.39, 0.29) is 23.4 Å². The molecule has 10 nitrogen and oxygen atoms in total. The van der Waals surface area contributed by atoms with E-state index in [1.807, 2.05) is 6.07 Å². The molecule has 0 aliphatic carbocycles. The zero-order chi connectivity index (χ0) is 25.2. The normalized spacial score (nSPS) is 25.3. The number of thioether (sulfide) groups is 1. The number of nitrogens with zero attached hydrogens (tertiary/aromatic N) is 6. The lowest BCUT2D eigenvalue weighted by molar-refractivity contribution is -0.207. The lowest BCUT2D eigenvalue weighted by atomic mass is 9.92. The number of hydrogen-bond acceptors (Lipinski definition) is 11. The van der Waals surface area contributed by atoms with Crippen LogP contribution >= 0.6 is 46.3 Å². The minimum absolute atomic E-state index is 0.137. The van der Waals surface area contributed by atoms with Crippen molar-refractivity contribution >= 4 is 46.3 Å². The fourth-order valence-corrected chi connectivity index (χ4v) is 6.49. The van der Waals surface area contributed by atoms with Crippen molar-refractivity contribution in [2.45, 2.75) is 47.5 Å². The molecule has 0 amide bonds. The minimum atomic E-state index is -0.953. The summed E-state index contributed by atoms with van der Waals surface area (Å²) in [5.41, 5.74) is 0.711. The lowest BCUT2D eigenvalue weighted by Gasteiger charge is -2.48. The van der Waals surface area contributed by atoms with Crippen molar-refractivity contribution in [3.8, 4) is 16.8 Å². The highest BCUT2D eigenvalue weighted by molar-refractivity contribution is 8.00.